The van der Waals surface area contributed by atoms with Crippen molar-refractivity contribution in [2.24, 2.45) is 4.99 Å². The van der Waals surface area contributed by atoms with E-state index in [2.05, 4.69) is 41.6 Å². The third-order valence-electron chi connectivity index (χ3n) is 2.75. The van der Waals surface area contributed by atoms with Gasteiger partial charge in [-0.2, -0.15) is 0 Å². The summed E-state index contributed by atoms with van der Waals surface area (Å²) in [4.78, 5) is 7.24. The zero-order valence-electron chi connectivity index (χ0n) is 12.9. The van der Waals surface area contributed by atoms with Gasteiger partial charge in [-0.1, -0.05) is 0 Å². The highest BCUT2D eigenvalue weighted by Gasteiger charge is 1.99. The number of aliphatic imine (C=N–C) groups is 1. The van der Waals surface area contributed by atoms with Gasteiger partial charge in [0.15, 0.2) is 5.96 Å². The molecule has 0 amide bonds. The Kier molecular flexibility index (Phi) is 9.07. The quantitative estimate of drug-likeness (QED) is 0.418. The summed E-state index contributed by atoms with van der Waals surface area (Å²) < 4.78 is 5.32. The van der Waals surface area contributed by atoms with Gasteiger partial charge in [-0.15, -0.1) is 11.3 Å². The number of guanidine groups is 1. The first-order valence-electron chi connectivity index (χ1n) is 7.41. The normalized spacial score (nSPS) is 11.7. The lowest BCUT2D eigenvalue weighted by molar-refractivity contribution is 0.143. The van der Waals surface area contributed by atoms with E-state index in [0.29, 0.717) is 0 Å². The van der Waals surface area contributed by atoms with Crippen LogP contribution in [0.3, 0.4) is 0 Å². The third-order valence-corrected chi connectivity index (χ3v) is 3.73. The molecule has 1 aromatic heterocycles. The lowest BCUT2D eigenvalue weighted by Gasteiger charge is -2.10. The molecule has 0 saturated heterocycles. The number of thiophene rings is 1. The molecule has 0 aliphatic rings. The Morgan fingerprint density at radius 1 is 1.25 bits per heavy atom. The number of unbranched alkanes of at least 4 members (excludes halogenated alkanes) is 1. The lowest BCUT2D eigenvalue weighted by atomic mass is 10.3. The number of hydrogen-bond donors (Lipinski definition) is 2. The molecule has 20 heavy (non-hydrogen) atoms. The fourth-order valence-electron chi connectivity index (χ4n) is 1.75. The molecule has 0 aromatic carbocycles. The zero-order chi connectivity index (χ0) is 14.6. The molecule has 0 unspecified atom stereocenters. The molecule has 1 rings (SSSR count). The molecule has 1 heterocycles. The van der Waals surface area contributed by atoms with E-state index in [-0.39, 0.29) is 0 Å². The summed E-state index contributed by atoms with van der Waals surface area (Å²) >= 11 is 1.81. The van der Waals surface area contributed by atoms with Gasteiger partial charge in [-0.05, 0) is 45.7 Å². The minimum absolute atomic E-state index is 0.743. The van der Waals surface area contributed by atoms with Crippen molar-refractivity contribution in [2.75, 3.05) is 26.3 Å². The molecular weight excluding hydrogens is 270 g/mol. The molecule has 114 valence electrons. The molecule has 0 fully saturated rings. The van der Waals surface area contributed by atoms with Gasteiger partial charge in [-0.3, -0.25) is 0 Å². The number of nitrogens with zero attached hydrogens (tertiary/aromatic N) is 1. The van der Waals surface area contributed by atoms with Gasteiger partial charge >= 0.3 is 0 Å². The number of nitrogens with one attached hydrogen (secondary N) is 2. The molecular formula is C15H27N3OS. The van der Waals surface area contributed by atoms with Crippen LogP contribution >= 0.6 is 11.3 Å². The van der Waals surface area contributed by atoms with Gasteiger partial charge in [0.2, 0.25) is 0 Å². The summed E-state index contributed by atoms with van der Waals surface area (Å²) in [6.07, 6.45) is 2.19. The van der Waals surface area contributed by atoms with Gasteiger partial charge < -0.3 is 15.4 Å². The van der Waals surface area contributed by atoms with E-state index >= 15 is 0 Å². The molecule has 5 heteroatoms. The molecule has 0 saturated carbocycles. The van der Waals surface area contributed by atoms with Crippen LogP contribution in [0.1, 0.15) is 36.4 Å². The van der Waals surface area contributed by atoms with Crippen molar-refractivity contribution in [3.8, 4) is 0 Å². The maximum atomic E-state index is 5.32. The predicted molar refractivity (Wildman–Crippen MR) is 87.6 cm³/mol. The van der Waals surface area contributed by atoms with Crippen LogP contribution < -0.4 is 10.6 Å². The van der Waals surface area contributed by atoms with Crippen LogP contribution in [-0.2, 0) is 11.3 Å². The van der Waals surface area contributed by atoms with Crippen molar-refractivity contribution in [1.29, 1.82) is 0 Å². The van der Waals surface area contributed by atoms with Crippen molar-refractivity contribution >= 4 is 17.3 Å². The number of ether oxygens (including phenoxy) is 1. The fourth-order valence-corrected chi connectivity index (χ4v) is 2.56. The van der Waals surface area contributed by atoms with E-state index in [9.17, 15) is 0 Å². The van der Waals surface area contributed by atoms with Crippen LogP contribution in [0.2, 0.25) is 0 Å². The van der Waals surface area contributed by atoms with Gasteiger partial charge in [0.25, 0.3) is 0 Å². The number of aryl methyl sites for hydroxylation is 1. The van der Waals surface area contributed by atoms with E-state index in [4.69, 9.17) is 4.74 Å². The minimum atomic E-state index is 0.743. The third kappa shape index (κ3) is 7.50. The number of rotatable bonds is 9. The van der Waals surface area contributed by atoms with Crippen molar-refractivity contribution in [3.05, 3.63) is 21.9 Å². The highest BCUT2D eigenvalue weighted by Crippen LogP contribution is 2.15. The van der Waals surface area contributed by atoms with E-state index in [1.54, 1.807) is 11.3 Å². The Labute approximate surface area is 126 Å². The molecule has 0 bridgehead atoms. The van der Waals surface area contributed by atoms with Crippen LogP contribution in [-0.4, -0.2) is 32.3 Å². The number of hydrogen-bond acceptors (Lipinski definition) is 3. The maximum Gasteiger partial charge on any atom is 0.191 e. The molecule has 0 radical (unpaired) electrons. The maximum absolute atomic E-state index is 5.32. The average molecular weight is 297 g/mol. The van der Waals surface area contributed by atoms with Crippen LogP contribution in [0.4, 0.5) is 0 Å². The van der Waals surface area contributed by atoms with Crippen LogP contribution in [0, 0.1) is 6.92 Å². The van der Waals surface area contributed by atoms with Crippen molar-refractivity contribution in [2.45, 2.75) is 40.2 Å². The van der Waals surface area contributed by atoms with Gasteiger partial charge in [0, 0.05) is 36.1 Å². The molecule has 0 aliphatic carbocycles. The largest absolute Gasteiger partial charge is 0.382 e. The Bertz CT molecular complexity index is 390. The summed E-state index contributed by atoms with van der Waals surface area (Å²) in [6.45, 7) is 10.4. The standard InChI is InChI=1S/C15H27N3OS/c1-4-16-15(17-10-6-7-11-19-5-2)18-12-14-9-8-13(3)20-14/h8-9H,4-7,10-12H2,1-3H3,(H2,16,17,18). The van der Waals surface area contributed by atoms with Crippen molar-refractivity contribution in [3.63, 3.8) is 0 Å². The Balaban J connectivity index is 2.28. The fraction of sp³-hybridized carbons (Fsp3) is 0.667. The van der Waals surface area contributed by atoms with Crippen LogP contribution in [0.15, 0.2) is 17.1 Å². The monoisotopic (exact) mass is 297 g/mol. The van der Waals surface area contributed by atoms with Crippen LogP contribution in [0.5, 0.6) is 0 Å². The van der Waals surface area contributed by atoms with E-state index in [1.807, 2.05) is 6.92 Å². The van der Waals surface area contributed by atoms with E-state index < -0.39 is 0 Å². The first-order valence-corrected chi connectivity index (χ1v) is 8.23. The first kappa shape index (κ1) is 17.0. The average Bonchev–Trinajstić information content (AvgIpc) is 2.85. The second-order valence-electron chi connectivity index (χ2n) is 4.54. The van der Waals surface area contributed by atoms with Gasteiger partial charge in [0.1, 0.15) is 0 Å². The summed E-state index contributed by atoms with van der Waals surface area (Å²) in [5.41, 5.74) is 0. The first-order chi connectivity index (χ1) is 9.76. The minimum Gasteiger partial charge on any atom is -0.382 e. The Morgan fingerprint density at radius 2 is 2.10 bits per heavy atom. The van der Waals surface area contributed by atoms with E-state index in [0.717, 1.165) is 51.6 Å². The molecule has 4 nitrogen and oxygen atoms in total. The van der Waals surface area contributed by atoms with E-state index in [1.165, 1.54) is 9.75 Å². The van der Waals surface area contributed by atoms with Crippen molar-refractivity contribution in [1.82, 2.24) is 10.6 Å². The summed E-state index contributed by atoms with van der Waals surface area (Å²) in [5, 5.41) is 6.64. The highest BCUT2D eigenvalue weighted by molar-refractivity contribution is 7.11. The SMILES string of the molecule is CCNC(=NCc1ccc(C)s1)NCCCCOCC. The zero-order valence-corrected chi connectivity index (χ0v) is 13.7. The Hall–Kier alpha value is -1.07. The molecule has 0 aliphatic heterocycles. The molecule has 1 aromatic rings. The van der Waals surface area contributed by atoms with Crippen LogP contribution in [0.25, 0.3) is 0 Å². The summed E-state index contributed by atoms with van der Waals surface area (Å²) in [6, 6.07) is 4.29. The second kappa shape index (κ2) is 10.7. The smallest absolute Gasteiger partial charge is 0.191 e. The molecule has 2 N–H and O–H groups in total. The summed E-state index contributed by atoms with van der Waals surface area (Å²) in [5.74, 6) is 0.898. The topological polar surface area (TPSA) is 45.7 Å². The van der Waals surface area contributed by atoms with Crippen molar-refractivity contribution < 1.29 is 4.74 Å². The van der Waals surface area contributed by atoms with Gasteiger partial charge in [0.05, 0.1) is 6.54 Å². The molecule has 0 atom stereocenters. The predicted octanol–water partition coefficient (Wildman–Crippen LogP) is 2.93. The second-order valence-corrected chi connectivity index (χ2v) is 5.91. The molecule has 0 spiro atoms. The highest BCUT2D eigenvalue weighted by atomic mass is 32.1. The Morgan fingerprint density at radius 3 is 2.75 bits per heavy atom. The lowest BCUT2D eigenvalue weighted by Crippen LogP contribution is -2.37. The van der Waals surface area contributed by atoms with Gasteiger partial charge in [-0.25, -0.2) is 4.99 Å². The summed E-state index contributed by atoms with van der Waals surface area (Å²) in [7, 11) is 0.